The van der Waals surface area contributed by atoms with Gasteiger partial charge in [-0.25, -0.2) is 0 Å². The predicted molar refractivity (Wildman–Crippen MR) is 120 cm³/mol. The van der Waals surface area contributed by atoms with Crippen molar-refractivity contribution in [3.63, 3.8) is 0 Å². The van der Waals surface area contributed by atoms with Crippen LogP contribution in [0.1, 0.15) is 24.8 Å². The standard InChI is InChI=1S/C23H30N4O6/c28-16-17-3-1-9-25(15-17)21-20(18-4-6-19(7-5-18)27(31)32)22(29)26(23(21)30)10-2-8-24-11-13-33-14-12-24/h4-7,17,28H,1-3,8-16H2. The smallest absolute Gasteiger partial charge is 0.277 e. The van der Waals surface area contributed by atoms with Crippen LogP contribution in [-0.4, -0.2) is 95.6 Å². The Morgan fingerprint density at radius 3 is 2.45 bits per heavy atom. The van der Waals surface area contributed by atoms with Crippen LogP contribution in [0.4, 0.5) is 5.69 Å². The van der Waals surface area contributed by atoms with Gasteiger partial charge in [-0.2, -0.15) is 0 Å². The first-order chi connectivity index (χ1) is 16.0. The highest BCUT2D eigenvalue weighted by molar-refractivity contribution is 6.35. The minimum atomic E-state index is -0.491. The molecule has 2 amide bonds. The first kappa shape index (κ1) is 23.3. The molecule has 1 atom stereocenters. The first-order valence-electron chi connectivity index (χ1n) is 11.5. The fourth-order valence-electron chi connectivity index (χ4n) is 4.76. The highest BCUT2D eigenvalue weighted by atomic mass is 16.6. The number of imide groups is 1. The second-order valence-corrected chi connectivity index (χ2v) is 8.73. The average Bonchev–Trinajstić information content (AvgIpc) is 3.09. The van der Waals surface area contributed by atoms with Crippen LogP contribution in [0.15, 0.2) is 30.0 Å². The molecule has 1 unspecified atom stereocenters. The van der Waals surface area contributed by atoms with Gasteiger partial charge in [-0.1, -0.05) is 0 Å². The van der Waals surface area contributed by atoms with Gasteiger partial charge in [-0.05, 0) is 42.9 Å². The van der Waals surface area contributed by atoms with Gasteiger partial charge in [0.1, 0.15) is 5.70 Å². The fraction of sp³-hybridized carbons (Fsp3) is 0.565. The molecule has 33 heavy (non-hydrogen) atoms. The zero-order valence-electron chi connectivity index (χ0n) is 18.6. The maximum atomic E-state index is 13.5. The van der Waals surface area contributed by atoms with Gasteiger partial charge in [0.15, 0.2) is 0 Å². The van der Waals surface area contributed by atoms with Crippen LogP contribution in [0.25, 0.3) is 5.57 Å². The van der Waals surface area contributed by atoms with E-state index >= 15 is 0 Å². The summed E-state index contributed by atoms with van der Waals surface area (Å²) >= 11 is 0. The van der Waals surface area contributed by atoms with Gasteiger partial charge in [-0.3, -0.25) is 29.5 Å². The number of carbonyl (C=O) groups is 2. The molecular formula is C23H30N4O6. The number of nitrogens with zero attached hydrogens (tertiary/aromatic N) is 4. The molecule has 2 fully saturated rings. The maximum absolute atomic E-state index is 13.5. The van der Waals surface area contributed by atoms with Crippen molar-refractivity contribution in [2.24, 2.45) is 5.92 Å². The normalized spacial score (nSPS) is 22.4. The molecule has 0 bridgehead atoms. The zero-order valence-corrected chi connectivity index (χ0v) is 18.6. The van der Waals surface area contributed by atoms with Crippen molar-refractivity contribution in [2.75, 3.05) is 59.1 Å². The number of aliphatic hydroxyl groups excluding tert-OH is 1. The Kier molecular flexibility index (Phi) is 7.36. The van der Waals surface area contributed by atoms with Crippen LogP contribution < -0.4 is 0 Å². The molecule has 3 heterocycles. The Morgan fingerprint density at radius 2 is 1.79 bits per heavy atom. The van der Waals surface area contributed by atoms with Gasteiger partial charge in [0.25, 0.3) is 17.5 Å². The van der Waals surface area contributed by atoms with E-state index in [1.807, 2.05) is 4.90 Å². The fourth-order valence-corrected chi connectivity index (χ4v) is 4.76. The number of hydrogen-bond acceptors (Lipinski definition) is 8. The van der Waals surface area contributed by atoms with Crippen molar-refractivity contribution >= 4 is 23.1 Å². The number of rotatable bonds is 8. The monoisotopic (exact) mass is 458 g/mol. The molecule has 1 N–H and O–H groups in total. The topological polar surface area (TPSA) is 116 Å². The molecule has 1 aromatic rings. The van der Waals surface area contributed by atoms with Crippen molar-refractivity contribution < 1.29 is 24.4 Å². The van der Waals surface area contributed by atoms with Crippen molar-refractivity contribution in [1.82, 2.24) is 14.7 Å². The van der Waals surface area contributed by atoms with E-state index in [1.54, 1.807) is 0 Å². The summed E-state index contributed by atoms with van der Waals surface area (Å²) < 4.78 is 5.37. The summed E-state index contributed by atoms with van der Waals surface area (Å²) in [7, 11) is 0. The van der Waals surface area contributed by atoms with Crippen LogP contribution in [0.3, 0.4) is 0 Å². The van der Waals surface area contributed by atoms with E-state index in [0.717, 1.165) is 32.5 Å². The molecule has 10 heteroatoms. The Morgan fingerprint density at radius 1 is 1.06 bits per heavy atom. The number of amides is 2. The van der Waals surface area contributed by atoms with Crippen LogP contribution >= 0.6 is 0 Å². The van der Waals surface area contributed by atoms with E-state index in [0.29, 0.717) is 56.1 Å². The number of benzene rings is 1. The molecule has 0 radical (unpaired) electrons. The van der Waals surface area contributed by atoms with E-state index in [2.05, 4.69) is 4.90 Å². The number of nitro groups is 1. The first-order valence-corrected chi connectivity index (χ1v) is 11.5. The molecule has 3 aliphatic heterocycles. The third-order valence-corrected chi connectivity index (χ3v) is 6.56. The van der Waals surface area contributed by atoms with Gasteiger partial charge >= 0.3 is 0 Å². The molecule has 3 aliphatic rings. The highest BCUT2D eigenvalue weighted by Gasteiger charge is 2.42. The summed E-state index contributed by atoms with van der Waals surface area (Å²) in [6.45, 7) is 5.32. The van der Waals surface area contributed by atoms with Gasteiger partial charge in [0.2, 0.25) is 0 Å². The zero-order chi connectivity index (χ0) is 23.4. The van der Waals surface area contributed by atoms with E-state index in [1.165, 1.54) is 29.2 Å². The van der Waals surface area contributed by atoms with Crippen LogP contribution in [0.5, 0.6) is 0 Å². The maximum Gasteiger partial charge on any atom is 0.277 e. The van der Waals surface area contributed by atoms with Gasteiger partial charge in [-0.15, -0.1) is 0 Å². The second kappa shape index (κ2) is 10.4. The molecule has 10 nitrogen and oxygen atoms in total. The molecule has 178 valence electrons. The van der Waals surface area contributed by atoms with E-state index < -0.39 is 4.92 Å². The summed E-state index contributed by atoms with van der Waals surface area (Å²) in [6.07, 6.45) is 2.36. The third-order valence-electron chi connectivity index (χ3n) is 6.56. The lowest BCUT2D eigenvalue weighted by atomic mass is 9.97. The molecule has 2 saturated heterocycles. The van der Waals surface area contributed by atoms with Crippen molar-refractivity contribution in [3.05, 3.63) is 45.6 Å². The largest absolute Gasteiger partial charge is 0.396 e. The Hall–Kier alpha value is -2.82. The van der Waals surface area contributed by atoms with Crippen molar-refractivity contribution in [3.8, 4) is 0 Å². The lowest BCUT2D eigenvalue weighted by molar-refractivity contribution is -0.384. The number of ether oxygens (including phenoxy) is 1. The van der Waals surface area contributed by atoms with Crippen LogP contribution in [-0.2, 0) is 14.3 Å². The van der Waals surface area contributed by atoms with Gasteiger partial charge in [0.05, 0.1) is 23.7 Å². The SMILES string of the molecule is O=C1C(c2ccc([N+](=O)[O-])cc2)=C(N2CCCC(CO)C2)C(=O)N1CCCN1CCOCC1. The van der Waals surface area contributed by atoms with E-state index in [4.69, 9.17) is 4.74 Å². The Bertz CT molecular complexity index is 925. The van der Waals surface area contributed by atoms with Crippen LogP contribution in [0, 0.1) is 16.0 Å². The predicted octanol–water partition coefficient (Wildman–Crippen LogP) is 1.10. The summed E-state index contributed by atoms with van der Waals surface area (Å²) in [5.41, 5.74) is 1.06. The number of nitro benzene ring substituents is 1. The second-order valence-electron chi connectivity index (χ2n) is 8.73. The number of non-ortho nitro benzene ring substituents is 1. The minimum Gasteiger partial charge on any atom is -0.396 e. The molecule has 0 aromatic heterocycles. The summed E-state index contributed by atoms with van der Waals surface area (Å²) in [5.74, 6) is -0.645. The number of piperidine rings is 1. The molecule has 0 spiro atoms. The third kappa shape index (κ3) is 5.07. The molecule has 4 rings (SSSR count). The number of likely N-dealkylation sites (tertiary alicyclic amines) is 1. The quantitative estimate of drug-likeness (QED) is 0.350. The van der Waals surface area contributed by atoms with Crippen molar-refractivity contribution in [2.45, 2.75) is 19.3 Å². The van der Waals surface area contributed by atoms with Gasteiger partial charge < -0.3 is 14.7 Å². The Labute approximate surface area is 192 Å². The van der Waals surface area contributed by atoms with Gasteiger partial charge in [0, 0.05) is 58.0 Å². The lowest BCUT2D eigenvalue weighted by Gasteiger charge is -2.34. The molecular weight excluding hydrogens is 428 g/mol. The van der Waals surface area contributed by atoms with E-state index in [9.17, 15) is 24.8 Å². The number of aliphatic hydroxyl groups is 1. The molecule has 1 aromatic carbocycles. The highest BCUT2D eigenvalue weighted by Crippen LogP contribution is 2.34. The Balaban J connectivity index is 1.57. The number of hydrogen-bond donors (Lipinski definition) is 1. The van der Waals surface area contributed by atoms with E-state index in [-0.39, 0.29) is 30.0 Å². The number of carbonyl (C=O) groups excluding carboxylic acids is 2. The summed E-state index contributed by atoms with van der Waals surface area (Å²) in [6, 6.07) is 5.77. The molecule has 0 saturated carbocycles. The van der Waals surface area contributed by atoms with Crippen molar-refractivity contribution in [1.29, 1.82) is 0 Å². The summed E-state index contributed by atoms with van der Waals surface area (Å²) in [5, 5.41) is 20.7. The summed E-state index contributed by atoms with van der Waals surface area (Å²) in [4.78, 5) is 42.9. The average molecular weight is 459 g/mol. The van der Waals surface area contributed by atoms with Crippen LogP contribution in [0.2, 0.25) is 0 Å². The number of morpholine rings is 1. The molecule has 0 aliphatic carbocycles. The minimum absolute atomic E-state index is 0.0298. The lowest BCUT2D eigenvalue weighted by Crippen LogP contribution is -2.42.